The van der Waals surface area contributed by atoms with E-state index in [9.17, 15) is 5.11 Å². The number of aryl methyl sites for hydroxylation is 1. The van der Waals surface area contributed by atoms with Gasteiger partial charge in [0.2, 0.25) is 0 Å². The molecule has 0 fully saturated rings. The van der Waals surface area contributed by atoms with Gasteiger partial charge in [0.15, 0.2) is 0 Å². The Kier molecular flexibility index (Phi) is 5.26. The second-order valence-electron chi connectivity index (χ2n) is 4.77. The number of benzene rings is 2. The number of aliphatic hydroxyl groups is 1. The normalized spacial score (nSPS) is 12.0. The largest absolute Gasteiger partial charge is 0.496 e. The number of ether oxygens (including phenoxy) is 2. The first-order chi connectivity index (χ1) is 10.1. The number of hydrogen-bond acceptors (Lipinski definition) is 3. The van der Waals surface area contributed by atoms with Gasteiger partial charge in [-0.05, 0) is 59.6 Å². The molecule has 0 spiro atoms. The minimum Gasteiger partial charge on any atom is -0.496 e. The van der Waals surface area contributed by atoms with Gasteiger partial charge in [0.25, 0.3) is 0 Å². The SMILES string of the molecule is CCOc1ccc(C(O)c2cc(C)ccc2OC)cc1Br. The van der Waals surface area contributed by atoms with Crippen LogP contribution in [0.3, 0.4) is 0 Å². The first-order valence-corrected chi connectivity index (χ1v) is 7.61. The third-order valence-corrected chi connectivity index (χ3v) is 3.87. The van der Waals surface area contributed by atoms with Crippen LogP contribution in [0.25, 0.3) is 0 Å². The Balaban J connectivity index is 2.38. The molecule has 4 heteroatoms. The lowest BCUT2D eigenvalue weighted by Crippen LogP contribution is -2.03. The summed E-state index contributed by atoms with van der Waals surface area (Å²) in [6, 6.07) is 11.4. The van der Waals surface area contributed by atoms with Crippen molar-refractivity contribution in [1.82, 2.24) is 0 Å². The van der Waals surface area contributed by atoms with Gasteiger partial charge >= 0.3 is 0 Å². The zero-order valence-electron chi connectivity index (χ0n) is 12.4. The van der Waals surface area contributed by atoms with Crippen LogP contribution in [0.1, 0.15) is 29.7 Å². The van der Waals surface area contributed by atoms with Gasteiger partial charge in [-0.15, -0.1) is 0 Å². The Bertz CT molecular complexity index is 625. The highest BCUT2D eigenvalue weighted by Crippen LogP contribution is 2.34. The van der Waals surface area contributed by atoms with Crippen molar-refractivity contribution < 1.29 is 14.6 Å². The van der Waals surface area contributed by atoms with E-state index in [4.69, 9.17) is 9.47 Å². The van der Waals surface area contributed by atoms with Crippen LogP contribution in [0.5, 0.6) is 11.5 Å². The number of hydrogen-bond donors (Lipinski definition) is 1. The number of rotatable bonds is 5. The van der Waals surface area contributed by atoms with Crippen molar-refractivity contribution in [2.45, 2.75) is 20.0 Å². The molecule has 2 aromatic rings. The van der Waals surface area contributed by atoms with E-state index in [1.54, 1.807) is 7.11 Å². The van der Waals surface area contributed by atoms with Crippen molar-refractivity contribution in [2.24, 2.45) is 0 Å². The highest BCUT2D eigenvalue weighted by atomic mass is 79.9. The molecule has 3 nitrogen and oxygen atoms in total. The van der Waals surface area contributed by atoms with Crippen molar-refractivity contribution in [3.8, 4) is 11.5 Å². The molecule has 0 heterocycles. The van der Waals surface area contributed by atoms with Crippen LogP contribution >= 0.6 is 15.9 Å². The molecule has 1 unspecified atom stereocenters. The lowest BCUT2D eigenvalue weighted by molar-refractivity contribution is 0.214. The first kappa shape index (κ1) is 15.9. The molecule has 2 rings (SSSR count). The first-order valence-electron chi connectivity index (χ1n) is 6.81. The quantitative estimate of drug-likeness (QED) is 0.875. The van der Waals surface area contributed by atoms with E-state index < -0.39 is 6.10 Å². The van der Waals surface area contributed by atoms with Gasteiger partial charge in [-0.1, -0.05) is 17.7 Å². The molecule has 21 heavy (non-hydrogen) atoms. The monoisotopic (exact) mass is 350 g/mol. The minimum atomic E-state index is -0.744. The zero-order chi connectivity index (χ0) is 15.4. The highest BCUT2D eigenvalue weighted by Gasteiger charge is 2.17. The second-order valence-corrected chi connectivity index (χ2v) is 5.63. The molecule has 1 N–H and O–H groups in total. The Morgan fingerprint density at radius 3 is 2.48 bits per heavy atom. The maximum absolute atomic E-state index is 10.6. The molecular formula is C17H19BrO3. The third-order valence-electron chi connectivity index (χ3n) is 3.25. The van der Waals surface area contributed by atoms with Crippen molar-refractivity contribution in [3.05, 3.63) is 57.6 Å². The molecule has 0 saturated heterocycles. The fourth-order valence-corrected chi connectivity index (χ4v) is 2.72. The maximum Gasteiger partial charge on any atom is 0.133 e. The lowest BCUT2D eigenvalue weighted by atomic mass is 9.99. The van der Waals surface area contributed by atoms with Crippen molar-refractivity contribution in [2.75, 3.05) is 13.7 Å². The van der Waals surface area contributed by atoms with Gasteiger partial charge in [0.05, 0.1) is 18.2 Å². The molecule has 0 aromatic heterocycles. The van der Waals surface area contributed by atoms with Crippen molar-refractivity contribution in [1.29, 1.82) is 0 Å². The minimum absolute atomic E-state index is 0.603. The average molecular weight is 351 g/mol. The summed E-state index contributed by atoms with van der Waals surface area (Å²) in [6.45, 7) is 4.53. The molecule has 2 aromatic carbocycles. The van der Waals surface area contributed by atoms with Crippen LogP contribution < -0.4 is 9.47 Å². The second kappa shape index (κ2) is 6.96. The predicted molar refractivity (Wildman–Crippen MR) is 87.1 cm³/mol. The van der Waals surface area contributed by atoms with Gasteiger partial charge in [0.1, 0.15) is 17.6 Å². The molecule has 0 radical (unpaired) electrons. The smallest absolute Gasteiger partial charge is 0.133 e. The van der Waals surface area contributed by atoms with E-state index >= 15 is 0 Å². The van der Waals surface area contributed by atoms with Crippen LogP contribution in [0.2, 0.25) is 0 Å². The van der Waals surface area contributed by atoms with E-state index in [2.05, 4.69) is 15.9 Å². The van der Waals surface area contributed by atoms with Crippen LogP contribution in [-0.2, 0) is 0 Å². The summed E-state index contributed by atoms with van der Waals surface area (Å²) in [5.41, 5.74) is 2.62. The molecule has 0 aliphatic rings. The number of halogens is 1. The van der Waals surface area contributed by atoms with E-state index in [0.717, 1.165) is 26.9 Å². The molecule has 0 aliphatic heterocycles. The van der Waals surface area contributed by atoms with E-state index in [1.807, 2.05) is 50.2 Å². The average Bonchev–Trinajstić information content (AvgIpc) is 2.48. The molecule has 0 saturated carbocycles. The molecular weight excluding hydrogens is 332 g/mol. The maximum atomic E-state index is 10.6. The van der Waals surface area contributed by atoms with Crippen LogP contribution in [-0.4, -0.2) is 18.8 Å². The Hall–Kier alpha value is -1.52. The number of aliphatic hydroxyl groups excluding tert-OH is 1. The summed E-state index contributed by atoms with van der Waals surface area (Å²) in [6.07, 6.45) is -0.744. The third kappa shape index (κ3) is 3.57. The van der Waals surface area contributed by atoms with Crippen molar-refractivity contribution in [3.63, 3.8) is 0 Å². The topological polar surface area (TPSA) is 38.7 Å². The standard InChI is InChI=1S/C17H19BrO3/c1-4-21-16-8-6-12(10-14(16)18)17(19)13-9-11(2)5-7-15(13)20-3/h5-10,17,19H,4H2,1-3H3. The van der Waals surface area contributed by atoms with Gasteiger partial charge < -0.3 is 14.6 Å². The fraction of sp³-hybridized carbons (Fsp3) is 0.294. The summed E-state index contributed by atoms with van der Waals surface area (Å²) < 4.78 is 11.7. The molecule has 1 atom stereocenters. The fourth-order valence-electron chi connectivity index (χ4n) is 2.21. The van der Waals surface area contributed by atoms with Crippen molar-refractivity contribution >= 4 is 15.9 Å². The van der Waals surface area contributed by atoms with E-state index in [-0.39, 0.29) is 0 Å². The summed E-state index contributed by atoms with van der Waals surface area (Å²) in [4.78, 5) is 0. The van der Waals surface area contributed by atoms with Gasteiger partial charge in [0, 0.05) is 5.56 Å². The lowest BCUT2D eigenvalue weighted by Gasteiger charge is -2.17. The Morgan fingerprint density at radius 1 is 1.14 bits per heavy atom. The summed E-state index contributed by atoms with van der Waals surface area (Å²) in [7, 11) is 1.61. The highest BCUT2D eigenvalue weighted by molar-refractivity contribution is 9.10. The van der Waals surface area contributed by atoms with E-state index in [0.29, 0.717) is 12.4 Å². The van der Waals surface area contributed by atoms with Crippen LogP contribution in [0.4, 0.5) is 0 Å². The Labute approximate surface area is 133 Å². The number of methoxy groups -OCH3 is 1. The molecule has 0 aliphatic carbocycles. The molecule has 112 valence electrons. The van der Waals surface area contributed by atoms with E-state index in [1.165, 1.54) is 0 Å². The predicted octanol–water partition coefficient (Wildman–Crippen LogP) is 4.25. The Morgan fingerprint density at radius 2 is 1.86 bits per heavy atom. The van der Waals surface area contributed by atoms with Crippen LogP contribution in [0, 0.1) is 6.92 Å². The van der Waals surface area contributed by atoms with Crippen LogP contribution in [0.15, 0.2) is 40.9 Å². The molecule has 0 amide bonds. The van der Waals surface area contributed by atoms with Gasteiger partial charge in [-0.25, -0.2) is 0 Å². The summed E-state index contributed by atoms with van der Waals surface area (Å²) >= 11 is 3.47. The zero-order valence-corrected chi connectivity index (χ0v) is 14.0. The van der Waals surface area contributed by atoms with Gasteiger partial charge in [-0.3, -0.25) is 0 Å². The van der Waals surface area contributed by atoms with Gasteiger partial charge in [-0.2, -0.15) is 0 Å². The summed E-state index contributed by atoms with van der Waals surface area (Å²) in [5.74, 6) is 1.45. The molecule has 0 bridgehead atoms. The summed E-state index contributed by atoms with van der Waals surface area (Å²) in [5, 5.41) is 10.6.